The molecule has 0 spiro atoms. The fraction of sp³-hybridized carbons (Fsp3) is 0.200. The van der Waals surface area contributed by atoms with E-state index in [1.807, 2.05) is 0 Å². The van der Waals surface area contributed by atoms with Crippen LogP contribution in [0.2, 0.25) is 0 Å². The normalized spacial score (nSPS) is 13.6. The summed E-state index contributed by atoms with van der Waals surface area (Å²) in [7, 11) is 0. The summed E-state index contributed by atoms with van der Waals surface area (Å²) in [6.07, 6.45) is 1.89. The molecule has 180 valence electrons. The zero-order chi connectivity index (χ0) is 25.2. The third kappa shape index (κ3) is 5.48. The topological polar surface area (TPSA) is 97.4 Å². The number of benzene rings is 2. The number of carbonyl (C=O) groups is 3. The predicted molar refractivity (Wildman–Crippen MR) is 120 cm³/mol. The summed E-state index contributed by atoms with van der Waals surface area (Å²) in [5.41, 5.74) is -1.17. The van der Waals surface area contributed by atoms with E-state index in [2.05, 4.69) is 15.6 Å². The summed E-state index contributed by atoms with van der Waals surface area (Å²) < 4.78 is 47.8. The van der Waals surface area contributed by atoms with Crippen LogP contribution in [0.25, 0.3) is 0 Å². The molecule has 2 amide bonds. The fourth-order valence-electron chi connectivity index (χ4n) is 3.41. The average molecular weight is 483 g/mol. The average Bonchev–Trinajstić information content (AvgIpc) is 3.61. The lowest BCUT2D eigenvalue weighted by Gasteiger charge is -2.16. The van der Waals surface area contributed by atoms with E-state index in [9.17, 15) is 27.6 Å². The Bertz CT molecular complexity index is 1310. The molecule has 1 fully saturated rings. The van der Waals surface area contributed by atoms with Crippen molar-refractivity contribution in [1.82, 2.24) is 4.98 Å². The van der Waals surface area contributed by atoms with Crippen molar-refractivity contribution in [2.24, 2.45) is 5.41 Å². The van der Waals surface area contributed by atoms with Crippen LogP contribution in [0.5, 0.6) is 11.5 Å². The summed E-state index contributed by atoms with van der Waals surface area (Å²) in [6.45, 7) is 1.40. The highest BCUT2D eigenvalue weighted by Crippen LogP contribution is 2.47. The van der Waals surface area contributed by atoms with E-state index in [0.29, 0.717) is 11.4 Å². The third-order valence-corrected chi connectivity index (χ3v) is 5.44. The molecular formula is C25H20F3N3O4. The first-order valence-electron chi connectivity index (χ1n) is 10.7. The smallest absolute Gasteiger partial charge is 0.240 e. The van der Waals surface area contributed by atoms with Crippen molar-refractivity contribution in [3.8, 4) is 11.5 Å². The molecule has 2 N–H and O–H groups in total. The molecule has 4 rings (SSSR count). The quantitative estimate of drug-likeness (QED) is 0.450. The fourth-order valence-corrected chi connectivity index (χ4v) is 3.41. The van der Waals surface area contributed by atoms with Crippen molar-refractivity contribution >= 4 is 29.0 Å². The molecule has 1 heterocycles. The number of Topliss-reactive ketones (excluding diaryl/α,β-unsaturated/α-hetero) is 1. The Labute approximate surface area is 198 Å². The van der Waals surface area contributed by atoms with Gasteiger partial charge in [0.05, 0.1) is 11.4 Å². The Kier molecular flexibility index (Phi) is 6.54. The monoisotopic (exact) mass is 483 g/mol. The summed E-state index contributed by atoms with van der Waals surface area (Å²) in [5.74, 6) is -4.21. The van der Waals surface area contributed by atoms with E-state index < -0.39 is 46.1 Å². The van der Waals surface area contributed by atoms with Gasteiger partial charge >= 0.3 is 0 Å². The first-order valence-corrected chi connectivity index (χ1v) is 10.7. The highest BCUT2D eigenvalue weighted by atomic mass is 19.1. The van der Waals surface area contributed by atoms with E-state index in [1.165, 1.54) is 37.4 Å². The second-order valence-corrected chi connectivity index (χ2v) is 8.22. The molecule has 0 unspecified atom stereocenters. The van der Waals surface area contributed by atoms with E-state index in [1.54, 1.807) is 0 Å². The number of ketones is 1. The molecule has 3 aromatic rings. The van der Waals surface area contributed by atoms with Crippen molar-refractivity contribution < 1.29 is 32.3 Å². The number of halogens is 3. The Hall–Kier alpha value is -4.21. The van der Waals surface area contributed by atoms with Gasteiger partial charge in [0.2, 0.25) is 11.8 Å². The first kappa shape index (κ1) is 23.9. The van der Waals surface area contributed by atoms with E-state index in [-0.39, 0.29) is 30.8 Å². The van der Waals surface area contributed by atoms with Crippen LogP contribution in [0.1, 0.15) is 25.5 Å². The number of hydrogen-bond acceptors (Lipinski definition) is 5. The van der Waals surface area contributed by atoms with Crippen molar-refractivity contribution in [1.29, 1.82) is 0 Å². The number of aromatic nitrogens is 1. The van der Waals surface area contributed by atoms with Crippen LogP contribution in [0.4, 0.5) is 24.5 Å². The summed E-state index contributed by atoms with van der Waals surface area (Å²) in [6, 6.07) is 9.41. The number of ether oxygens (including phenoxy) is 1. The summed E-state index contributed by atoms with van der Waals surface area (Å²) >= 11 is 0. The van der Waals surface area contributed by atoms with Crippen LogP contribution in [-0.4, -0.2) is 22.6 Å². The predicted octanol–water partition coefficient (Wildman–Crippen LogP) is 4.78. The van der Waals surface area contributed by atoms with Crippen molar-refractivity contribution in [2.45, 2.75) is 26.2 Å². The molecule has 1 aliphatic rings. The molecule has 1 aromatic heterocycles. The molecule has 0 bridgehead atoms. The minimum Gasteiger partial charge on any atom is -0.454 e. The van der Waals surface area contributed by atoms with Gasteiger partial charge in [0.15, 0.2) is 17.4 Å². The minimum atomic E-state index is -1.43. The Morgan fingerprint density at radius 1 is 0.943 bits per heavy atom. The van der Waals surface area contributed by atoms with Gasteiger partial charge in [0.1, 0.15) is 22.8 Å². The van der Waals surface area contributed by atoms with Crippen LogP contribution in [0, 0.1) is 22.9 Å². The van der Waals surface area contributed by atoms with Gasteiger partial charge in [0.25, 0.3) is 0 Å². The Balaban J connectivity index is 1.46. The van der Waals surface area contributed by atoms with Crippen LogP contribution in [0.3, 0.4) is 0 Å². The lowest BCUT2D eigenvalue weighted by molar-refractivity contribution is -0.131. The maximum absolute atomic E-state index is 14.7. The second-order valence-electron chi connectivity index (χ2n) is 8.22. The van der Waals surface area contributed by atoms with Gasteiger partial charge in [-0.05, 0) is 50.1 Å². The maximum Gasteiger partial charge on any atom is 0.240 e. The molecule has 0 atom stereocenters. The van der Waals surface area contributed by atoms with E-state index >= 15 is 0 Å². The number of hydrogen-bond donors (Lipinski definition) is 2. The number of amides is 2. The van der Waals surface area contributed by atoms with Crippen molar-refractivity contribution in [3.05, 3.63) is 77.9 Å². The molecule has 10 heteroatoms. The highest BCUT2D eigenvalue weighted by Gasteiger charge is 2.56. The van der Waals surface area contributed by atoms with Gasteiger partial charge < -0.3 is 15.4 Å². The van der Waals surface area contributed by atoms with E-state index in [0.717, 1.165) is 24.3 Å². The van der Waals surface area contributed by atoms with Gasteiger partial charge in [-0.25, -0.2) is 13.2 Å². The molecule has 7 nitrogen and oxygen atoms in total. The number of anilines is 2. The van der Waals surface area contributed by atoms with Crippen molar-refractivity contribution in [3.63, 3.8) is 0 Å². The number of nitrogens with zero attached hydrogens (tertiary/aromatic N) is 1. The highest BCUT2D eigenvalue weighted by molar-refractivity contribution is 6.16. The molecular weight excluding hydrogens is 463 g/mol. The molecule has 35 heavy (non-hydrogen) atoms. The molecule has 2 aromatic carbocycles. The third-order valence-electron chi connectivity index (χ3n) is 5.44. The standard InChI is InChI=1S/C25H20F3N3O4/c1-14(32)10-17-11-18(6-9-29-17)35-22-13-19(27)21(12-20(22)28)31-24(34)25(7-8-25)23(33)30-16-4-2-15(26)3-5-16/h2-6,9,11-13H,7-8,10H2,1H3,(H,30,33)(H,31,34). The lowest BCUT2D eigenvalue weighted by Crippen LogP contribution is -2.35. The molecule has 1 saturated carbocycles. The van der Waals surface area contributed by atoms with Gasteiger partial charge in [0, 0.05) is 36.5 Å². The van der Waals surface area contributed by atoms with Crippen molar-refractivity contribution in [2.75, 3.05) is 10.6 Å². The summed E-state index contributed by atoms with van der Waals surface area (Å²) in [5, 5.41) is 4.81. The Morgan fingerprint density at radius 2 is 1.63 bits per heavy atom. The van der Waals surface area contributed by atoms with E-state index in [4.69, 9.17) is 4.74 Å². The molecule has 0 radical (unpaired) electrons. The van der Waals surface area contributed by atoms with Gasteiger partial charge in [-0.2, -0.15) is 0 Å². The summed E-state index contributed by atoms with van der Waals surface area (Å²) in [4.78, 5) is 40.7. The second kappa shape index (κ2) is 9.57. The van der Waals surface area contributed by atoms with Gasteiger partial charge in [-0.3, -0.25) is 19.4 Å². The largest absolute Gasteiger partial charge is 0.454 e. The number of pyridine rings is 1. The zero-order valence-electron chi connectivity index (χ0n) is 18.5. The first-order chi connectivity index (χ1) is 16.7. The number of rotatable bonds is 8. The van der Waals surface area contributed by atoms with Crippen LogP contribution < -0.4 is 15.4 Å². The molecule has 1 aliphatic carbocycles. The Morgan fingerprint density at radius 3 is 2.29 bits per heavy atom. The molecule has 0 aliphatic heterocycles. The number of nitrogens with one attached hydrogen (secondary N) is 2. The van der Waals surface area contributed by atoms with Gasteiger partial charge in [-0.15, -0.1) is 0 Å². The van der Waals surface area contributed by atoms with Gasteiger partial charge in [-0.1, -0.05) is 0 Å². The number of carbonyl (C=O) groups excluding carboxylic acids is 3. The SMILES string of the molecule is CC(=O)Cc1cc(Oc2cc(F)c(NC(=O)C3(C(=O)Nc4ccc(F)cc4)CC3)cc2F)ccn1. The zero-order valence-corrected chi connectivity index (χ0v) is 18.5. The lowest BCUT2D eigenvalue weighted by atomic mass is 10.0. The van der Waals surface area contributed by atoms with Crippen LogP contribution >= 0.6 is 0 Å². The van der Waals surface area contributed by atoms with Crippen LogP contribution in [-0.2, 0) is 20.8 Å². The molecule has 0 saturated heterocycles. The van der Waals surface area contributed by atoms with Crippen LogP contribution in [0.15, 0.2) is 54.7 Å². The maximum atomic E-state index is 14.7. The minimum absolute atomic E-state index is 0.0650.